The van der Waals surface area contributed by atoms with Gasteiger partial charge in [-0.05, 0) is 18.4 Å². The summed E-state index contributed by atoms with van der Waals surface area (Å²) in [6.07, 6.45) is 1.87. The van der Waals surface area contributed by atoms with Crippen molar-refractivity contribution in [3.63, 3.8) is 0 Å². The molecule has 1 aromatic carbocycles. The molecule has 0 radical (unpaired) electrons. The van der Waals surface area contributed by atoms with Gasteiger partial charge in [-0.15, -0.1) is 0 Å². The molecule has 0 saturated carbocycles. The number of hydrogen-bond donors (Lipinski definition) is 3. The van der Waals surface area contributed by atoms with Crippen LogP contribution < -0.4 is 16.4 Å². The van der Waals surface area contributed by atoms with Gasteiger partial charge in [-0.2, -0.15) is 0 Å². The van der Waals surface area contributed by atoms with E-state index < -0.39 is 0 Å². The number of carbonyl (C=O) groups is 2. The molecule has 0 bridgehead atoms. The molecule has 0 atom stereocenters. The van der Waals surface area contributed by atoms with Gasteiger partial charge in [0.2, 0.25) is 5.91 Å². The summed E-state index contributed by atoms with van der Waals surface area (Å²) < 4.78 is 0. The number of nitrogens with one attached hydrogen (secondary N) is 2. The zero-order valence-electron chi connectivity index (χ0n) is 15.0. The minimum atomic E-state index is -0.352. The lowest BCUT2D eigenvalue weighted by Gasteiger charge is -2.26. The number of carbonyl (C=O) groups excluding carboxylic acids is 2. The Morgan fingerprint density at radius 3 is 2.33 bits per heavy atom. The van der Waals surface area contributed by atoms with E-state index in [1.54, 1.807) is 11.9 Å². The molecular weight excluding hydrogens is 304 g/mol. The maximum absolute atomic E-state index is 12.0. The van der Waals surface area contributed by atoms with Gasteiger partial charge in [0, 0.05) is 38.6 Å². The van der Waals surface area contributed by atoms with Crippen molar-refractivity contribution in [1.29, 1.82) is 0 Å². The molecule has 0 fully saturated rings. The lowest BCUT2D eigenvalue weighted by atomic mass is 9.94. The van der Waals surface area contributed by atoms with Crippen LogP contribution in [0.3, 0.4) is 0 Å². The van der Waals surface area contributed by atoms with Gasteiger partial charge >= 0.3 is 6.03 Å². The van der Waals surface area contributed by atoms with E-state index in [0.717, 1.165) is 18.4 Å². The standard InChI is InChI=1S/C18H30N4O2/c1-4-18(19,5-2)14-21-16(23)11-12-20-17(24)22(3)13-15-9-7-6-8-10-15/h6-10H,4-5,11-14,19H2,1-3H3,(H,20,24)(H,21,23). The van der Waals surface area contributed by atoms with Crippen LogP contribution in [0.5, 0.6) is 0 Å². The first kappa shape index (κ1) is 20.0. The second-order valence-electron chi connectivity index (χ2n) is 6.17. The summed E-state index contributed by atoms with van der Waals surface area (Å²) >= 11 is 0. The lowest BCUT2D eigenvalue weighted by molar-refractivity contribution is -0.121. The maximum Gasteiger partial charge on any atom is 0.317 e. The topological polar surface area (TPSA) is 87.5 Å². The summed E-state index contributed by atoms with van der Waals surface area (Å²) in [5.74, 6) is -0.0993. The lowest BCUT2D eigenvalue weighted by Crippen LogP contribution is -2.49. The van der Waals surface area contributed by atoms with E-state index in [-0.39, 0.29) is 23.9 Å². The fraction of sp³-hybridized carbons (Fsp3) is 0.556. The monoisotopic (exact) mass is 334 g/mol. The fourth-order valence-electron chi connectivity index (χ4n) is 2.21. The number of urea groups is 1. The first-order chi connectivity index (χ1) is 11.4. The molecule has 4 N–H and O–H groups in total. The largest absolute Gasteiger partial charge is 0.354 e. The summed E-state index contributed by atoms with van der Waals surface area (Å²) in [6.45, 7) is 5.32. The van der Waals surface area contributed by atoms with Crippen LogP contribution in [0.25, 0.3) is 0 Å². The Labute approximate surface area is 144 Å². The molecule has 24 heavy (non-hydrogen) atoms. The molecule has 3 amide bonds. The van der Waals surface area contributed by atoms with Gasteiger partial charge in [-0.25, -0.2) is 4.79 Å². The zero-order chi connectivity index (χ0) is 18.0. The van der Waals surface area contributed by atoms with E-state index in [1.807, 2.05) is 44.2 Å². The van der Waals surface area contributed by atoms with Gasteiger partial charge in [0.1, 0.15) is 0 Å². The molecule has 6 heteroatoms. The van der Waals surface area contributed by atoms with E-state index in [0.29, 0.717) is 19.6 Å². The highest BCUT2D eigenvalue weighted by Crippen LogP contribution is 2.09. The minimum Gasteiger partial charge on any atom is -0.354 e. The number of amides is 3. The summed E-state index contributed by atoms with van der Waals surface area (Å²) in [7, 11) is 1.73. The molecule has 1 aromatic rings. The van der Waals surface area contributed by atoms with Crippen molar-refractivity contribution in [2.24, 2.45) is 5.73 Å². The Kier molecular flexibility index (Phi) is 8.26. The molecular formula is C18H30N4O2. The smallest absolute Gasteiger partial charge is 0.317 e. The van der Waals surface area contributed by atoms with E-state index in [2.05, 4.69) is 10.6 Å². The Bertz CT molecular complexity index is 515. The highest BCUT2D eigenvalue weighted by atomic mass is 16.2. The van der Waals surface area contributed by atoms with E-state index in [1.165, 1.54) is 0 Å². The average Bonchev–Trinajstić information content (AvgIpc) is 2.60. The molecule has 134 valence electrons. The number of hydrogen-bond acceptors (Lipinski definition) is 3. The van der Waals surface area contributed by atoms with Crippen LogP contribution in [-0.2, 0) is 11.3 Å². The fourth-order valence-corrected chi connectivity index (χ4v) is 2.21. The van der Waals surface area contributed by atoms with Gasteiger partial charge in [-0.3, -0.25) is 4.79 Å². The van der Waals surface area contributed by atoms with Crippen molar-refractivity contribution in [2.45, 2.75) is 45.2 Å². The number of rotatable bonds is 9. The third-order valence-corrected chi connectivity index (χ3v) is 4.28. The number of nitrogens with zero attached hydrogens (tertiary/aromatic N) is 1. The molecule has 0 aliphatic rings. The molecule has 0 spiro atoms. The average molecular weight is 334 g/mol. The second-order valence-corrected chi connectivity index (χ2v) is 6.17. The summed E-state index contributed by atoms with van der Waals surface area (Å²) in [6, 6.07) is 9.57. The molecule has 1 rings (SSSR count). The molecule has 0 heterocycles. The third-order valence-electron chi connectivity index (χ3n) is 4.28. The van der Waals surface area contributed by atoms with Crippen LogP contribution >= 0.6 is 0 Å². The van der Waals surface area contributed by atoms with Crippen LogP contribution in [0.15, 0.2) is 30.3 Å². The quantitative estimate of drug-likeness (QED) is 0.644. The summed E-state index contributed by atoms with van der Waals surface area (Å²) in [4.78, 5) is 25.4. The maximum atomic E-state index is 12.0. The number of benzene rings is 1. The van der Waals surface area contributed by atoms with Gasteiger partial charge in [0.25, 0.3) is 0 Å². The van der Waals surface area contributed by atoms with Crippen molar-refractivity contribution in [3.8, 4) is 0 Å². The van der Waals surface area contributed by atoms with Crippen LogP contribution in [0.2, 0.25) is 0 Å². The van der Waals surface area contributed by atoms with Crippen LogP contribution in [0.4, 0.5) is 4.79 Å². The third kappa shape index (κ3) is 7.00. The van der Waals surface area contributed by atoms with Gasteiger partial charge in [-0.1, -0.05) is 44.2 Å². The highest BCUT2D eigenvalue weighted by molar-refractivity contribution is 5.78. The van der Waals surface area contributed by atoms with Crippen molar-refractivity contribution in [3.05, 3.63) is 35.9 Å². The van der Waals surface area contributed by atoms with Crippen molar-refractivity contribution in [2.75, 3.05) is 20.1 Å². The molecule has 0 unspecified atom stereocenters. The highest BCUT2D eigenvalue weighted by Gasteiger charge is 2.20. The van der Waals surface area contributed by atoms with Crippen LogP contribution in [0.1, 0.15) is 38.7 Å². The molecule has 6 nitrogen and oxygen atoms in total. The van der Waals surface area contributed by atoms with Crippen molar-refractivity contribution >= 4 is 11.9 Å². The van der Waals surface area contributed by atoms with Gasteiger partial charge in [0.05, 0.1) is 0 Å². The SMILES string of the molecule is CCC(N)(CC)CNC(=O)CCNC(=O)N(C)Cc1ccccc1. The van der Waals surface area contributed by atoms with E-state index in [9.17, 15) is 9.59 Å². The van der Waals surface area contributed by atoms with Crippen molar-refractivity contribution in [1.82, 2.24) is 15.5 Å². The molecule has 0 aromatic heterocycles. The number of nitrogens with two attached hydrogens (primary N) is 1. The Morgan fingerprint density at radius 1 is 1.12 bits per heavy atom. The second kappa shape index (κ2) is 9.93. The van der Waals surface area contributed by atoms with Crippen LogP contribution in [-0.4, -0.2) is 42.5 Å². The Morgan fingerprint density at radius 2 is 1.75 bits per heavy atom. The Balaban J connectivity index is 2.26. The van der Waals surface area contributed by atoms with Gasteiger partial charge < -0.3 is 21.3 Å². The predicted octanol–water partition coefficient (Wildman–Crippen LogP) is 1.85. The Hall–Kier alpha value is -2.08. The predicted molar refractivity (Wildman–Crippen MR) is 96.4 cm³/mol. The van der Waals surface area contributed by atoms with E-state index in [4.69, 9.17) is 5.73 Å². The first-order valence-corrected chi connectivity index (χ1v) is 8.48. The zero-order valence-corrected chi connectivity index (χ0v) is 15.0. The van der Waals surface area contributed by atoms with Gasteiger partial charge in [0.15, 0.2) is 0 Å². The minimum absolute atomic E-state index is 0.0993. The van der Waals surface area contributed by atoms with Crippen LogP contribution in [0, 0.1) is 0 Å². The van der Waals surface area contributed by atoms with E-state index >= 15 is 0 Å². The van der Waals surface area contributed by atoms with Crippen molar-refractivity contribution < 1.29 is 9.59 Å². The summed E-state index contributed by atoms with van der Waals surface area (Å²) in [5, 5.41) is 5.59. The normalized spacial score (nSPS) is 11.0. The molecule has 0 aliphatic heterocycles. The summed E-state index contributed by atoms with van der Waals surface area (Å²) in [5.41, 5.74) is 6.85. The first-order valence-electron chi connectivity index (χ1n) is 8.48. The molecule has 0 saturated heterocycles. The molecule has 0 aliphatic carbocycles.